The number of carboxylic acids is 1. The summed E-state index contributed by atoms with van der Waals surface area (Å²) in [6.07, 6.45) is 0.783. The number of aryl methyl sites for hydroxylation is 1. The minimum Gasteiger partial charge on any atom is -0.478 e. The van der Waals surface area contributed by atoms with Gasteiger partial charge in [0.2, 0.25) is 10.0 Å². The van der Waals surface area contributed by atoms with Crippen molar-refractivity contribution in [3.63, 3.8) is 0 Å². The maximum Gasteiger partial charge on any atom is 0.335 e. The molecule has 0 bridgehead atoms. The number of aliphatic hydroxyl groups excluding tert-OH is 1. The monoisotopic (exact) mass is 315 g/mol. The second-order valence-corrected chi connectivity index (χ2v) is 6.93. The van der Waals surface area contributed by atoms with Crippen LogP contribution in [0.2, 0.25) is 0 Å². The molecule has 21 heavy (non-hydrogen) atoms. The van der Waals surface area contributed by atoms with Gasteiger partial charge in [0.05, 0.1) is 10.5 Å². The number of nitrogens with one attached hydrogen (secondary N) is 1. The highest BCUT2D eigenvalue weighted by molar-refractivity contribution is 7.89. The second-order valence-electron chi connectivity index (χ2n) is 5.28. The number of sulfonamides is 1. The van der Waals surface area contributed by atoms with Crippen LogP contribution >= 0.6 is 0 Å². The standard InChI is InChI=1S/C14H21NO5S/c1-4-14(3,7-8-16)15-21(19,20)12-9-11(13(17)18)6-5-10(12)2/h5-6,9,15-16H,4,7-8H2,1-3H3,(H,17,18). The van der Waals surface area contributed by atoms with Crippen LogP contribution in [0, 0.1) is 6.92 Å². The maximum atomic E-state index is 12.5. The average molecular weight is 315 g/mol. The van der Waals surface area contributed by atoms with E-state index in [1.807, 2.05) is 6.92 Å². The lowest BCUT2D eigenvalue weighted by Gasteiger charge is -2.29. The third-order valence-electron chi connectivity index (χ3n) is 3.55. The Morgan fingerprint density at radius 2 is 2.00 bits per heavy atom. The zero-order chi connectivity index (χ0) is 16.3. The van der Waals surface area contributed by atoms with Crippen molar-refractivity contribution < 1.29 is 23.4 Å². The van der Waals surface area contributed by atoms with Gasteiger partial charge in [0.15, 0.2) is 0 Å². The lowest BCUT2D eigenvalue weighted by molar-refractivity contribution is 0.0696. The Bertz CT molecular complexity index is 626. The fourth-order valence-corrected chi connectivity index (χ4v) is 3.73. The molecule has 0 heterocycles. The van der Waals surface area contributed by atoms with Gasteiger partial charge in [-0.15, -0.1) is 0 Å². The summed E-state index contributed by atoms with van der Waals surface area (Å²) in [5.74, 6) is -1.18. The highest BCUT2D eigenvalue weighted by Crippen LogP contribution is 2.22. The van der Waals surface area contributed by atoms with Crippen molar-refractivity contribution in [2.45, 2.75) is 44.0 Å². The molecule has 0 fully saturated rings. The number of hydrogen-bond acceptors (Lipinski definition) is 4. The molecule has 0 radical (unpaired) electrons. The van der Waals surface area contributed by atoms with Gasteiger partial charge in [-0.25, -0.2) is 17.9 Å². The van der Waals surface area contributed by atoms with E-state index in [4.69, 9.17) is 10.2 Å². The largest absolute Gasteiger partial charge is 0.478 e. The van der Waals surface area contributed by atoms with Crippen molar-refractivity contribution in [3.05, 3.63) is 29.3 Å². The van der Waals surface area contributed by atoms with Gasteiger partial charge >= 0.3 is 5.97 Å². The summed E-state index contributed by atoms with van der Waals surface area (Å²) in [7, 11) is -3.86. The first-order chi connectivity index (χ1) is 9.65. The zero-order valence-corrected chi connectivity index (χ0v) is 13.2. The van der Waals surface area contributed by atoms with E-state index in [0.717, 1.165) is 6.07 Å². The molecule has 0 saturated carbocycles. The van der Waals surface area contributed by atoms with Crippen molar-refractivity contribution in [1.29, 1.82) is 0 Å². The molecule has 0 aliphatic carbocycles. The van der Waals surface area contributed by atoms with E-state index in [1.54, 1.807) is 13.8 Å². The molecule has 0 aliphatic heterocycles. The van der Waals surface area contributed by atoms with Crippen molar-refractivity contribution in [1.82, 2.24) is 4.72 Å². The van der Waals surface area contributed by atoms with E-state index in [0.29, 0.717) is 12.0 Å². The van der Waals surface area contributed by atoms with Gasteiger partial charge in [-0.05, 0) is 44.4 Å². The Hall–Kier alpha value is -1.44. The molecule has 118 valence electrons. The van der Waals surface area contributed by atoms with Gasteiger partial charge in [-0.3, -0.25) is 0 Å². The van der Waals surface area contributed by atoms with Gasteiger partial charge in [0.25, 0.3) is 0 Å². The van der Waals surface area contributed by atoms with Crippen LogP contribution in [0.4, 0.5) is 0 Å². The minimum absolute atomic E-state index is 0.0555. The highest BCUT2D eigenvalue weighted by atomic mass is 32.2. The number of hydrogen-bond donors (Lipinski definition) is 3. The van der Waals surface area contributed by atoms with Crippen LogP contribution in [0.15, 0.2) is 23.1 Å². The minimum atomic E-state index is -3.86. The first-order valence-corrected chi connectivity index (χ1v) is 8.12. The van der Waals surface area contributed by atoms with Crippen molar-refractivity contribution in [2.75, 3.05) is 6.61 Å². The van der Waals surface area contributed by atoms with Gasteiger partial charge in [0.1, 0.15) is 0 Å². The first-order valence-electron chi connectivity index (χ1n) is 6.64. The fourth-order valence-electron chi connectivity index (χ4n) is 1.95. The molecule has 6 nitrogen and oxygen atoms in total. The van der Waals surface area contributed by atoms with E-state index >= 15 is 0 Å². The Balaban J connectivity index is 3.25. The zero-order valence-electron chi connectivity index (χ0n) is 12.4. The highest BCUT2D eigenvalue weighted by Gasteiger charge is 2.29. The Morgan fingerprint density at radius 1 is 1.38 bits per heavy atom. The van der Waals surface area contributed by atoms with Gasteiger partial charge in [-0.1, -0.05) is 13.0 Å². The van der Waals surface area contributed by atoms with Crippen LogP contribution in [0.1, 0.15) is 42.6 Å². The van der Waals surface area contributed by atoms with Crippen LogP contribution in [0.3, 0.4) is 0 Å². The van der Waals surface area contributed by atoms with Gasteiger partial charge < -0.3 is 10.2 Å². The number of carbonyl (C=O) groups is 1. The van der Waals surface area contributed by atoms with E-state index in [1.165, 1.54) is 12.1 Å². The summed E-state index contributed by atoms with van der Waals surface area (Å²) in [6, 6.07) is 3.98. The summed E-state index contributed by atoms with van der Waals surface area (Å²) in [5.41, 5.74) is -0.393. The van der Waals surface area contributed by atoms with Crippen LogP contribution in [-0.2, 0) is 10.0 Å². The van der Waals surface area contributed by atoms with E-state index < -0.39 is 21.5 Å². The Kier molecular flexibility index (Phi) is 5.49. The molecule has 1 rings (SSSR count). The summed E-state index contributed by atoms with van der Waals surface area (Å²) in [4.78, 5) is 10.9. The predicted octanol–water partition coefficient (Wildman–Crippen LogP) is 1.52. The molecular weight excluding hydrogens is 294 g/mol. The van der Waals surface area contributed by atoms with E-state index in [2.05, 4.69) is 4.72 Å². The topological polar surface area (TPSA) is 104 Å². The number of aromatic carboxylic acids is 1. The molecule has 7 heteroatoms. The Labute approximate surface area is 124 Å². The van der Waals surface area contributed by atoms with Crippen LogP contribution < -0.4 is 4.72 Å². The molecule has 0 spiro atoms. The summed E-state index contributed by atoms with van der Waals surface area (Å²) in [6.45, 7) is 4.99. The number of carboxylic acid groups (broad SMARTS) is 1. The SMILES string of the molecule is CCC(C)(CCO)NS(=O)(=O)c1cc(C(=O)O)ccc1C. The molecular formula is C14H21NO5S. The van der Waals surface area contributed by atoms with E-state index in [9.17, 15) is 13.2 Å². The quantitative estimate of drug-likeness (QED) is 0.708. The van der Waals surface area contributed by atoms with Crippen molar-refractivity contribution >= 4 is 16.0 Å². The summed E-state index contributed by atoms with van der Waals surface area (Å²) >= 11 is 0. The molecule has 3 N–H and O–H groups in total. The van der Waals surface area contributed by atoms with Gasteiger partial charge in [0, 0.05) is 12.1 Å². The van der Waals surface area contributed by atoms with E-state index in [-0.39, 0.29) is 23.5 Å². The molecule has 1 unspecified atom stereocenters. The summed E-state index contributed by atoms with van der Waals surface area (Å²) < 4.78 is 27.5. The molecule has 1 atom stereocenters. The predicted molar refractivity (Wildman–Crippen MR) is 78.9 cm³/mol. The lowest BCUT2D eigenvalue weighted by atomic mass is 9.97. The van der Waals surface area contributed by atoms with Crippen LogP contribution in [-0.4, -0.2) is 36.7 Å². The molecule has 0 aromatic heterocycles. The number of benzene rings is 1. The molecule has 1 aromatic carbocycles. The molecule has 0 amide bonds. The van der Waals surface area contributed by atoms with Crippen molar-refractivity contribution in [3.8, 4) is 0 Å². The number of aliphatic hydroxyl groups is 1. The third kappa shape index (κ3) is 4.26. The van der Waals surface area contributed by atoms with Crippen molar-refractivity contribution in [2.24, 2.45) is 0 Å². The normalized spacial score (nSPS) is 14.7. The maximum absolute atomic E-state index is 12.5. The molecule has 0 aliphatic rings. The smallest absolute Gasteiger partial charge is 0.335 e. The number of rotatable bonds is 7. The molecule has 1 aromatic rings. The summed E-state index contributed by atoms with van der Waals surface area (Å²) in [5, 5.41) is 18.0. The van der Waals surface area contributed by atoms with Crippen LogP contribution in [0.5, 0.6) is 0 Å². The fraction of sp³-hybridized carbons (Fsp3) is 0.500. The van der Waals surface area contributed by atoms with Crippen LogP contribution in [0.25, 0.3) is 0 Å². The first kappa shape index (κ1) is 17.6. The average Bonchev–Trinajstić information content (AvgIpc) is 2.38. The third-order valence-corrected chi connectivity index (χ3v) is 5.33. The second kappa shape index (κ2) is 6.55. The molecule has 0 saturated heterocycles. The van der Waals surface area contributed by atoms with Gasteiger partial charge in [-0.2, -0.15) is 0 Å². The Morgan fingerprint density at radius 3 is 2.48 bits per heavy atom. The lowest BCUT2D eigenvalue weighted by Crippen LogP contribution is -2.46.